The van der Waals surface area contributed by atoms with Crippen molar-refractivity contribution in [3.8, 4) is 5.75 Å². The summed E-state index contributed by atoms with van der Waals surface area (Å²) in [5, 5.41) is 0. The average molecular weight is 283 g/mol. The lowest BCUT2D eigenvalue weighted by Crippen LogP contribution is -2.43. The number of likely N-dealkylation sites (tertiary alicyclic amines) is 1. The maximum Gasteiger partial charge on any atom is 0.387 e. The van der Waals surface area contributed by atoms with E-state index in [4.69, 9.17) is 0 Å². The number of piperidine rings is 1. The van der Waals surface area contributed by atoms with Crippen LogP contribution in [-0.2, 0) is 0 Å². The molecule has 110 valence electrons. The topological polar surface area (TPSA) is 29.5 Å². The van der Waals surface area contributed by atoms with E-state index >= 15 is 0 Å². The molecule has 1 heterocycles. The van der Waals surface area contributed by atoms with Gasteiger partial charge < -0.3 is 9.64 Å². The first-order valence-corrected chi connectivity index (χ1v) is 6.97. The van der Waals surface area contributed by atoms with Gasteiger partial charge in [-0.05, 0) is 43.9 Å². The van der Waals surface area contributed by atoms with Crippen molar-refractivity contribution in [1.82, 2.24) is 4.90 Å². The molecular weight excluding hydrogens is 264 g/mol. The van der Waals surface area contributed by atoms with Crippen LogP contribution in [0.25, 0.3) is 0 Å². The average Bonchev–Trinajstić information content (AvgIpc) is 2.46. The van der Waals surface area contributed by atoms with Crippen molar-refractivity contribution in [3.05, 3.63) is 29.8 Å². The summed E-state index contributed by atoms with van der Waals surface area (Å²) in [7, 11) is 0. The van der Waals surface area contributed by atoms with Crippen LogP contribution in [0.1, 0.15) is 43.0 Å². The number of hydrogen-bond donors (Lipinski definition) is 0. The number of rotatable bonds is 4. The molecule has 2 rings (SSSR count). The summed E-state index contributed by atoms with van der Waals surface area (Å²) in [5.41, 5.74) is 0.406. The number of carbonyl (C=O) groups excluding carboxylic acids is 1. The fourth-order valence-corrected chi connectivity index (χ4v) is 2.66. The zero-order valence-corrected chi connectivity index (χ0v) is 11.5. The third-order valence-corrected chi connectivity index (χ3v) is 3.67. The Balaban J connectivity index is 2.15. The highest BCUT2D eigenvalue weighted by Crippen LogP contribution is 2.23. The summed E-state index contributed by atoms with van der Waals surface area (Å²) in [5.74, 6) is -0.0767. The third-order valence-electron chi connectivity index (χ3n) is 3.67. The minimum absolute atomic E-state index is 0.0240. The van der Waals surface area contributed by atoms with E-state index in [9.17, 15) is 13.6 Å². The second-order valence-electron chi connectivity index (χ2n) is 4.96. The van der Waals surface area contributed by atoms with Gasteiger partial charge in [-0.15, -0.1) is 0 Å². The van der Waals surface area contributed by atoms with Gasteiger partial charge in [-0.1, -0.05) is 13.0 Å². The third kappa shape index (κ3) is 3.46. The van der Waals surface area contributed by atoms with Crippen LogP contribution in [0.5, 0.6) is 5.75 Å². The number of ether oxygens (including phenoxy) is 1. The van der Waals surface area contributed by atoms with Crippen molar-refractivity contribution in [2.24, 2.45) is 0 Å². The molecule has 1 unspecified atom stereocenters. The van der Waals surface area contributed by atoms with Crippen LogP contribution >= 0.6 is 0 Å². The van der Waals surface area contributed by atoms with Gasteiger partial charge in [0.25, 0.3) is 5.91 Å². The van der Waals surface area contributed by atoms with Gasteiger partial charge >= 0.3 is 6.61 Å². The molecule has 0 N–H and O–H groups in total. The molecule has 5 heteroatoms. The molecule has 0 spiro atoms. The largest absolute Gasteiger partial charge is 0.435 e. The SMILES string of the molecule is CCC1CCCCN1C(=O)c1cccc(OC(F)F)c1. The highest BCUT2D eigenvalue weighted by atomic mass is 19.3. The second kappa shape index (κ2) is 6.68. The van der Waals surface area contributed by atoms with Crippen molar-refractivity contribution >= 4 is 5.91 Å². The van der Waals surface area contributed by atoms with Gasteiger partial charge in [0.2, 0.25) is 0 Å². The molecule has 0 saturated carbocycles. The fourth-order valence-electron chi connectivity index (χ4n) is 2.66. The first kappa shape index (κ1) is 14.8. The molecule has 0 radical (unpaired) electrons. The Bertz CT molecular complexity index is 465. The predicted molar refractivity (Wildman–Crippen MR) is 72.0 cm³/mol. The summed E-state index contributed by atoms with van der Waals surface area (Å²) in [4.78, 5) is 14.3. The summed E-state index contributed by atoms with van der Waals surface area (Å²) < 4.78 is 28.8. The Kier molecular flexibility index (Phi) is 4.93. The van der Waals surface area contributed by atoms with Crippen LogP contribution in [0.3, 0.4) is 0 Å². The standard InChI is InChI=1S/C15H19F2NO2/c1-2-12-7-3-4-9-18(12)14(19)11-6-5-8-13(10-11)20-15(16)17/h5-6,8,10,12,15H,2-4,7,9H2,1H3. The van der Waals surface area contributed by atoms with Crippen molar-refractivity contribution in [3.63, 3.8) is 0 Å². The molecule has 0 bridgehead atoms. The Morgan fingerprint density at radius 3 is 2.95 bits per heavy atom. The van der Waals surface area contributed by atoms with Crippen LogP contribution in [0.4, 0.5) is 8.78 Å². The van der Waals surface area contributed by atoms with E-state index in [0.717, 1.165) is 32.2 Å². The lowest BCUT2D eigenvalue weighted by atomic mass is 9.99. The quantitative estimate of drug-likeness (QED) is 0.843. The van der Waals surface area contributed by atoms with Crippen LogP contribution in [0, 0.1) is 0 Å². The van der Waals surface area contributed by atoms with Crippen molar-refractivity contribution < 1.29 is 18.3 Å². The van der Waals surface area contributed by atoms with Crippen molar-refractivity contribution in [2.75, 3.05) is 6.54 Å². The van der Waals surface area contributed by atoms with E-state index in [2.05, 4.69) is 11.7 Å². The maximum absolute atomic E-state index is 12.5. The van der Waals surface area contributed by atoms with Crippen molar-refractivity contribution in [1.29, 1.82) is 0 Å². The normalized spacial score (nSPS) is 19.2. The minimum atomic E-state index is -2.88. The number of benzene rings is 1. The molecule has 1 aliphatic rings. The van der Waals surface area contributed by atoms with E-state index < -0.39 is 6.61 Å². The van der Waals surface area contributed by atoms with E-state index in [1.807, 2.05) is 4.90 Å². The van der Waals surface area contributed by atoms with Gasteiger partial charge in [0.05, 0.1) is 0 Å². The molecule has 0 aliphatic carbocycles. The van der Waals surface area contributed by atoms with E-state index in [0.29, 0.717) is 5.56 Å². The Morgan fingerprint density at radius 2 is 2.25 bits per heavy atom. The number of alkyl halides is 2. The molecule has 1 saturated heterocycles. The number of amides is 1. The van der Waals surface area contributed by atoms with Crippen LogP contribution < -0.4 is 4.74 Å². The Morgan fingerprint density at radius 1 is 1.45 bits per heavy atom. The molecule has 1 amide bonds. The molecule has 1 fully saturated rings. The van der Waals surface area contributed by atoms with E-state index in [1.54, 1.807) is 12.1 Å². The lowest BCUT2D eigenvalue weighted by molar-refractivity contribution is -0.0499. The van der Waals surface area contributed by atoms with E-state index in [-0.39, 0.29) is 17.7 Å². The molecule has 1 aliphatic heterocycles. The monoisotopic (exact) mass is 283 g/mol. The van der Waals surface area contributed by atoms with Crippen LogP contribution in [0.15, 0.2) is 24.3 Å². The lowest BCUT2D eigenvalue weighted by Gasteiger charge is -2.35. The molecule has 1 aromatic carbocycles. The van der Waals surface area contributed by atoms with Crippen LogP contribution in [-0.4, -0.2) is 30.0 Å². The highest BCUT2D eigenvalue weighted by molar-refractivity contribution is 5.94. The van der Waals surface area contributed by atoms with Gasteiger partial charge in [-0.2, -0.15) is 8.78 Å². The first-order valence-electron chi connectivity index (χ1n) is 6.97. The van der Waals surface area contributed by atoms with Gasteiger partial charge in [0.15, 0.2) is 0 Å². The van der Waals surface area contributed by atoms with Gasteiger partial charge in [-0.25, -0.2) is 0 Å². The summed E-state index contributed by atoms with van der Waals surface area (Å²) in [6, 6.07) is 6.26. The minimum Gasteiger partial charge on any atom is -0.435 e. The Hall–Kier alpha value is -1.65. The zero-order chi connectivity index (χ0) is 14.5. The van der Waals surface area contributed by atoms with E-state index in [1.165, 1.54) is 12.1 Å². The summed E-state index contributed by atoms with van der Waals surface area (Å²) >= 11 is 0. The van der Waals surface area contributed by atoms with Gasteiger partial charge in [-0.3, -0.25) is 4.79 Å². The summed E-state index contributed by atoms with van der Waals surface area (Å²) in [6.45, 7) is -0.0807. The molecule has 1 aromatic rings. The first-order chi connectivity index (χ1) is 9.61. The smallest absolute Gasteiger partial charge is 0.387 e. The Labute approximate surface area is 117 Å². The van der Waals surface area contributed by atoms with Crippen LogP contribution in [0.2, 0.25) is 0 Å². The molecule has 0 aromatic heterocycles. The van der Waals surface area contributed by atoms with Crippen molar-refractivity contribution in [2.45, 2.75) is 45.3 Å². The number of halogens is 2. The molecule has 1 atom stereocenters. The molecular formula is C15H19F2NO2. The summed E-state index contributed by atoms with van der Waals surface area (Å²) in [6.07, 6.45) is 4.06. The molecule has 20 heavy (non-hydrogen) atoms. The number of nitrogens with zero attached hydrogens (tertiary/aromatic N) is 1. The number of carbonyl (C=O) groups is 1. The number of hydrogen-bond acceptors (Lipinski definition) is 2. The van der Waals surface area contributed by atoms with Gasteiger partial charge in [0, 0.05) is 18.2 Å². The molecule has 3 nitrogen and oxygen atoms in total. The second-order valence-corrected chi connectivity index (χ2v) is 4.96. The van der Waals surface area contributed by atoms with Gasteiger partial charge in [0.1, 0.15) is 5.75 Å². The zero-order valence-electron chi connectivity index (χ0n) is 11.5. The fraction of sp³-hybridized carbons (Fsp3) is 0.533. The highest BCUT2D eigenvalue weighted by Gasteiger charge is 2.26. The predicted octanol–water partition coefficient (Wildman–Crippen LogP) is 3.69. The maximum atomic E-state index is 12.5.